The smallest absolute Gasteiger partial charge is 0.266 e. The molecule has 6 rings (SSSR count). The molecule has 1 aromatic heterocycles. The molecule has 0 radical (unpaired) electrons. The minimum Gasteiger partial charge on any atom is -0.384 e. The molecular formula is C29H38F2N2O2. The van der Waals surface area contributed by atoms with Crippen LogP contribution in [0.2, 0.25) is 0 Å². The fraction of sp³-hybridized carbons (Fsp3) is 0.724. The quantitative estimate of drug-likeness (QED) is 0.564. The van der Waals surface area contributed by atoms with Crippen LogP contribution >= 0.6 is 0 Å². The van der Waals surface area contributed by atoms with Gasteiger partial charge in [0.25, 0.3) is 6.43 Å². The van der Waals surface area contributed by atoms with Crippen LogP contribution in [0.5, 0.6) is 0 Å². The first kappa shape index (κ1) is 23.6. The Hall–Kier alpha value is -1.82. The molecule has 35 heavy (non-hydrogen) atoms. The number of aliphatic hydroxyl groups is 1. The molecule has 1 aromatic carbocycles. The fourth-order valence-corrected chi connectivity index (χ4v) is 9.23. The largest absolute Gasteiger partial charge is 0.384 e. The van der Waals surface area contributed by atoms with Gasteiger partial charge < -0.3 is 5.11 Å². The van der Waals surface area contributed by atoms with Crippen LogP contribution in [-0.2, 0) is 11.3 Å². The topological polar surface area (TPSA) is 55.1 Å². The van der Waals surface area contributed by atoms with E-state index in [-0.39, 0.29) is 30.1 Å². The van der Waals surface area contributed by atoms with Crippen LogP contribution in [0.3, 0.4) is 0 Å². The van der Waals surface area contributed by atoms with E-state index in [2.05, 4.69) is 37.1 Å². The average molecular weight is 485 g/mol. The molecule has 0 spiro atoms. The number of benzene rings is 1. The minimum absolute atomic E-state index is 0.0308. The summed E-state index contributed by atoms with van der Waals surface area (Å²) in [6.07, 6.45) is 6.66. The third-order valence-corrected chi connectivity index (χ3v) is 10.9. The van der Waals surface area contributed by atoms with Gasteiger partial charge in [-0.3, -0.25) is 9.48 Å². The van der Waals surface area contributed by atoms with E-state index in [1.807, 2.05) is 10.9 Å². The SMILES string of the molecule is Cc1ccc2c(cnn2CC(=O)[C@H]2CC[C@H]3[C@@H]4CC[C@@H]5C[C@@](O)(C(F)F)CC[C@@H]5[C@H]4CC[C@]23C)c1. The molecule has 4 aliphatic carbocycles. The molecule has 0 saturated heterocycles. The number of aryl methyl sites for hydroxylation is 1. The van der Waals surface area contributed by atoms with E-state index in [9.17, 15) is 18.7 Å². The van der Waals surface area contributed by atoms with Gasteiger partial charge in [0, 0.05) is 11.3 Å². The number of hydrogen-bond donors (Lipinski definition) is 1. The molecule has 0 unspecified atom stereocenters. The molecule has 2 aromatic rings. The highest BCUT2D eigenvalue weighted by Gasteiger charge is 2.59. The lowest BCUT2D eigenvalue weighted by molar-refractivity contribution is -0.160. The van der Waals surface area contributed by atoms with E-state index < -0.39 is 12.0 Å². The van der Waals surface area contributed by atoms with Gasteiger partial charge in [0.2, 0.25) is 0 Å². The lowest BCUT2D eigenvalue weighted by Crippen LogP contribution is -2.53. The number of hydrogen-bond acceptors (Lipinski definition) is 3. The number of alkyl halides is 2. The number of ketones is 1. The zero-order valence-electron chi connectivity index (χ0n) is 20.9. The van der Waals surface area contributed by atoms with E-state index >= 15 is 0 Å². The first-order valence-corrected chi connectivity index (χ1v) is 13.6. The molecule has 4 aliphatic rings. The van der Waals surface area contributed by atoms with Gasteiger partial charge in [0.15, 0.2) is 5.78 Å². The maximum Gasteiger partial charge on any atom is 0.266 e. The first-order chi connectivity index (χ1) is 16.7. The summed E-state index contributed by atoms with van der Waals surface area (Å²) in [7, 11) is 0. The average Bonchev–Trinajstić information content (AvgIpc) is 3.38. The van der Waals surface area contributed by atoms with Gasteiger partial charge in [0.1, 0.15) is 12.1 Å². The Morgan fingerprint density at radius 1 is 1.11 bits per heavy atom. The van der Waals surface area contributed by atoms with Crippen LogP contribution in [-0.4, -0.2) is 32.7 Å². The predicted octanol–water partition coefficient (Wildman–Crippen LogP) is 6.18. The first-order valence-electron chi connectivity index (χ1n) is 13.6. The van der Waals surface area contributed by atoms with Gasteiger partial charge in [-0.1, -0.05) is 18.6 Å². The number of nitrogens with zero attached hydrogens (tertiary/aromatic N) is 2. The highest BCUT2D eigenvalue weighted by atomic mass is 19.3. The lowest BCUT2D eigenvalue weighted by Gasteiger charge is -2.57. The summed E-state index contributed by atoms with van der Waals surface area (Å²) in [5, 5.41) is 16.1. The second-order valence-corrected chi connectivity index (χ2v) is 12.6. The second kappa shape index (κ2) is 8.36. The van der Waals surface area contributed by atoms with Crippen molar-refractivity contribution in [1.29, 1.82) is 0 Å². The van der Waals surface area contributed by atoms with Crippen molar-refractivity contribution in [3.63, 3.8) is 0 Å². The highest BCUT2D eigenvalue weighted by Crippen LogP contribution is 2.65. The predicted molar refractivity (Wildman–Crippen MR) is 131 cm³/mol. The third kappa shape index (κ3) is 3.69. The molecule has 4 nitrogen and oxygen atoms in total. The molecule has 0 amide bonds. The molecule has 1 heterocycles. The molecule has 8 atom stereocenters. The van der Waals surface area contributed by atoms with E-state index in [4.69, 9.17) is 0 Å². The van der Waals surface area contributed by atoms with Crippen molar-refractivity contribution in [3.8, 4) is 0 Å². The Labute approximate surface area is 206 Å². The van der Waals surface area contributed by atoms with Crippen LogP contribution in [0.15, 0.2) is 24.4 Å². The molecule has 4 saturated carbocycles. The Kier molecular flexibility index (Phi) is 5.63. The molecule has 1 N–H and O–H groups in total. The molecule has 0 aliphatic heterocycles. The van der Waals surface area contributed by atoms with E-state index in [0.717, 1.165) is 55.8 Å². The molecule has 0 bridgehead atoms. The van der Waals surface area contributed by atoms with Crippen molar-refractivity contribution >= 4 is 16.7 Å². The minimum atomic E-state index is -2.65. The Balaban J connectivity index is 1.18. The Bertz CT molecular complexity index is 1130. The second-order valence-electron chi connectivity index (χ2n) is 12.6. The number of fused-ring (bicyclic) bond motifs is 6. The number of aromatic nitrogens is 2. The van der Waals surface area contributed by atoms with Crippen LogP contribution in [0, 0.1) is 47.8 Å². The third-order valence-electron chi connectivity index (χ3n) is 10.9. The lowest BCUT2D eigenvalue weighted by atomic mass is 9.49. The van der Waals surface area contributed by atoms with E-state index in [1.165, 1.54) is 5.56 Å². The molecule has 6 heteroatoms. The highest BCUT2D eigenvalue weighted by molar-refractivity contribution is 5.85. The number of halogens is 2. The summed E-state index contributed by atoms with van der Waals surface area (Å²) < 4.78 is 28.9. The monoisotopic (exact) mass is 484 g/mol. The standard InChI is InChI=1S/C29H38F2N2O2/c1-17-3-8-25-19(13-17)15-32-33(25)16-26(34)24-7-6-23-22-5-4-18-14-29(35,27(30)31)12-10-20(18)21(22)9-11-28(23,24)2/h3,8,13,15,18,20-24,27,35H,4-7,9-12,14,16H2,1-2H3/t18-,20+,21-,22-,23+,24-,28+,29-/m1/s1. The number of Topliss-reactive ketones (excluding diaryl/α,β-unsaturated/α-hetero) is 1. The van der Waals surface area contributed by atoms with Crippen molar-refractivity contribution in [2.75, 3.05) is 0 Å². The molecule has 190 valence electrons. The summed E-state index contributed by atoms with van der Waals surface area (Å²) in [6, 6.07) is 6.25. The van der Waals surface area contributed by atoms with Crippen molar-refractivity contribution in [2.45, 2.75) is 90.2 Å². The Morgan fingerprint density at radius 3 is 2.71 bits per heavy atom. The molecule has 4 fully saturated rings. The van der Waals surface area contributed by atoms with Gasteiger partial charge in [-0.25, -0.2) is 8.78 Å². The van der Waals surface area contributed by atoms with Crippen LogP contribution in [0.4, 0.5) is 8.78 Å². The normalized spacial score (nSPS) is 41.0. The van der Waals surface area contributed by atoms with E-state index in [1.54, 1.807) is 0 Å². The maximum absolute atomic E-state index is 13.6. The summed E-state index contributed by atoms with van der Waals surface area (Å²) >= 11 is 0. The van der Waals surface area contributed by atoms with Crippen molar-refractivity contribution < 1.29 is 18.7 Å². The van der Waals surface area contributed by atoms with Crippen molar-refractivity contribution in [2.24, 2.45) is 40.9 Å². The zero-order chi connectivity index (χ0) is 24.5. The van der Waals surface area contributed by atoms with Crippen LogP contribution in [0.1, 0.15) is 70.3 Å². The summed E-state index contributed by atoms with van der Waals surface area (Å²) in [5.74, 6) is 2.79. The van der Waals surface area contributed by atoms with Gasteiger partial charge in [0.05, 0.1) is 11.7 Å². The van der Waals surface area contributed by atoms with E-state index in [0.29, 0.717) is 36.0 Å². The summed E-state index contributed by atoms with van der Waals surface area (Å²) in [4.78, 5) is 13.6. The van der Waals surface area contributed by atoms with Gasteiger partial charge in [-0.2, -0.15) is 5.10 Å². The number of carbonyl (C=O) groups is 1. The van der Waals surface area contributed by atoms with Crippen molar-refractivity contribution in [1.82, 2.24) is 9.78 Å². The number of rotatable bonds is 4. The fourth-order valence-electron chi connectivity index (χ4n) is 9.23. The Morgan fingerprint density at radius 2 is 1.91 bits per heavy atom. The zero-order valence-corrected chi connectivity index (χ0v) is 20.9. The van der Waals surface area contributed by atoms with Gasteiger partial charge in [-0.05, 0) is 112 Å². The summed E-state index contributed by atoms with van der Waals surface area (Å²) in [5.41, 5.74) is 0.463. The van der Waals surface area contributed by atoms with Crippen LogP contribution in [0.25, 0.3) is 10.9 Å². The van der Waals surface area contributed by atoms with Crippen molar-refractivity contribution in [3.05, 3.63) is 30.0 Å². The van der Waals surface area contributed by atoms with Crippen LogP contribution < -0.4 is 0 Å². The van der Waals surface area contributed by atoms with Gasteiger partial charge >= 0.3 is 0 Å². The maximum atomic E-state index is 13.6. The van der Waals surface area contributed by atoms with Gasteiger partial charge in [-0.15, -0.1) is 0 Å². The summed E-state index contributed by atoms with van der Waals surface area (Å²) in [6.45, 7) is 4.76. The number of carbonyl (C=O) groups excluding carboxylic acids is 1. The molecular weight excluding hydrogens is 446 g/mol.